The Morgan fingerprint density at radius 1 is 1.25 bits per heavy atom. The monoisotopic (exact) mass is 294 g/mol. The molecule has 0 bridgehead atoms. The zero-order chi connectivity index (χ0) is 15.6. The first-order valence-corrected chi connectivity index (χ1v) is 7.50. The van der Waals surface area contributed by atoms with Crippen LogP contribution in [0.15, 0.2) is 52.8 Å². The first-order chi connectivity index (χ1) is 9.10. The lowest BCUT2D eigenvalue weighted by Gasteiger charge is -2.18. The number of ketones is 1. The van der Waals surface area contributed by atoms with Crippen molar-refractivity contribution in [3.05, 3.63) is 53.5 Å². The van der Waals surface area contributed by atoms with E-state index in [1.165, 1.54) is 32.1 Å². The van der Waals surface area contributed by atoms with E-state index in [-0.39, 0.29) is 4.90 Å². The number of hydrogen-bond acceptors (Lipinski definition) is 4. The molecule has 108 valence electrons. The fraction of sp³-hybridized carbons (Fsp3) is 0.267. The fourth-order valence-electron chi connectivity index (χ4n) is 1.54. The topological polar surface area (TPSA) is 71.4 Å². The molecule has 1 rings (SSSR count). The number of rotatable bonds is 5. The Kier molecular flexibility index (Phi) is 4.68. The quantitative estimate of drug-likeness (QED) is 0.667. The Labute approximate surface area is 119 Å². The molecular weight excluding hydrogens is 276 g/mol. The highest BCUT2D eigenvalue weighted by molar-refractivity contribution is 7.96. The van der Waals surface area contributed by atoms with Crippen LogP contribution in [-0.2, 0) is 14.6 Å². The van der Waals surface area contributed by atoms with Crippen LogP contribution in [0.1, 0.15) is 19.4 Å². The average Bonchev–Trinajstić information content (AvgIpc) is 2.34. The van der Waals surface area contributed by atoms with Crippen LogP contribution in [0.25, 0.3) is 0 Å². The Bertz CT molecular complexity index is 644. The number of carbonyl (C=O) groups excluding carboxylic acids is 1. The van der Waals surface area contributed by atoms with E-state index in [0.717, 1.165) is 11.6 Å². The highest BCUT2D eigenvalue weighted by Gasteiger charge is 2.35. The van der Waals surface area contributed by atoms with Crippen molar-refractivity contribution in [1.82, 2.24) is 0 Å². The first-order valence-electron chi connectivity index (χ1n) is 6.02. The minimum atomic E-state index is -3.98. The minimum Gasteiger partial charge on any atom is -0.382 e. The number of benzene rings is 1. The van der Waals surface area contributed by atoms with Gasteiger partial charge >= 0.3 is 0 Å². The third kappa shape index (κ3) is 3.43. The summed E-state index contributed by atoms with van der Waals surface area (Å²) in [6, 6.07) is 6.15. The van der Waals surface area contributed by atoms with Crippen molar-refractivity contribution in [2.75, 3.05) is 0 Å². The molecule has 0 fully saturated rings. The summed E-state index contributed by atoms with van der Waals surface area (Å²) in [5.41, 5.74) is -0.862. The predicted molar refractivity (Wildman–Crippen MR) is 77.9 cm³/mol. The van der Waals surface area contributed by atoms with E-state index >= 15 is 0 Å². The van der Waals surface area contributed by atoms with Gasteiger partial charge in [0.25, 0.3) is 0 Å². The molecule has 0 aliphatic carbocycles. The van der Waals surface area contributed by atoms with Gasteiger partial charge in [-0.25, -0.2) is 8.42 Å². The van der Waals surface area contributed by atoms with Gasteiger partial charge < -0.3 is 5.11 Å². The highest BCUT2D eigenvalue weighted by Crippen LogP contribution is 2.24. The second-order valence-corrected chi connectivity index (χ2v) is 6.89. The van der Waals surface area contributed by atoms with E-state index in [2.05, 4.69) is 6.58 Å². The number of sulfone groups is 1. The summed E-state index contributed by atoms with van der Waals surface area (Å²) in [5, 5.41) is 9.75. The maximum Gasteiger partial charge on any atom is 0.210 e. The number of hydrogen-bond donors (Lipinski definition) is 1. The molecule has 0 aliphatic heterocycles. The molecule has 0 saturated carbocycles. The van der Waals surface area contributed by atoms with Crippen LogP contribution in [0.4, 0.5) is 0 Å². The van der Waals surface area contributed by atoms with Crippen molar-refractivity contribution in [2.24, 2.45) is 0 Å². The van der Waals surface area contributed by atoms with Crippen LogP contribution in [0.3, 0.4) is 0 Å². The summed E-state index contributed by atoms with van der Waals surface area (Å²) in [6.45, 7) is 7.74. The Morgan fingerprint density at radius 3 is 2.15 bits per heavy atom. The van der Waals surface area contributed by atoms with Crippen LogP contribution in [-0.4, -0.2) is 24.9 Å². The number of aryl methyl sites for hydroxylation is 1. The maximum atomic E-state index is 12.5. The lowest BCUT2D eigenvalue weighted by molar-refractivity contribution is -0.129. The van der Waals surface area contributed by atoms with Gasteiger partial charge in [0.1, 0.15) is 10.5 Å². The molecule has 0 saturated heterocycles. The van der Waals surface area contributed by atoms with Gasteiger partial charge in [0.2, 0.25) is 15.6 Å². The van der Waals surface area contributed by atoms with Gasteiger partial charge in [-0.15, -0.1) is 0 Å². The summed E-state index contributed by atoms with van der Waals surface area (Å²) < 4.78 is 24.9. The Balaban J connectivity index is 3.42. The first kappa shape index (κ1) is 16.3. The number of carbonyl (C=O) groups is 1. The standard InChI is InChI=1S/C15H18O4S/c1-5-6-13(14(16)15(3,4)17)20(18,19)12-9-7-11(2)8-10-12/h5-10,17H,1H2,2-4H3/b13-6-. The lowest BCUT2D eigenvalue weighted by atomic mass is 10.0. The molecule has 4 nitrogen and oxygen atoms in total. The lowest BCUT2D eigenvalue weighted by Crippen LogP contribution is -2.34. The predicted octanol–water partition coefficient (Wildman–Crippen LogP) is 2.18. The largest absolute Gasteiger partial charge is 0.382 e. The molecule has 1 N–H and O–H groups in total. The van der Waals surface area contributed by atoms with Crippen LogP contribution in [0.5, 0.6) is 0 Å². The molecule has 0 atom stereocenters. The smallest absolute Gasteiger partial charge is 0.210 e. The van der Waals surface area contributed by atoms with Crippen LogP contribution < -0.4 is 0 Å². The summed E-state index contributed by atoms with van der Waals surface area (Å²) in [7, 11) is -3.98. The van der Waals surface area contributed by atoms with Crippen LogP contribution >= 0.6 is 0 Å². The van der Waals surface area contributed by atoms with Crippen molar-refractivity contribution in [2.45, 2.75) is 31.3 Å². The van der Waals surface area contributed by atoms with E-state index in [1.54, 1.807) is 12.1 Å². The molecular formula is C15H18O4S. The molecule has 0 heterocycles. The third-order valence-corrected chi connectivity index (χ3v) is 4.46. The molecule has 0 radical (unpaired) electrons. The van der Waals surface area contributed by atoms with Crippen molar-refractivity contribution in [3.63, 3.8) is 0 Å². The number of Topliss-reactive ketones (excluding diaryl/α,β-unsaturated/α-hetero) is 1. The number of allylic oxidation sites excluding steroid dienone is 2. The van der Waals surface area contributed by atoms with Gasteiger partial charge in [-0.3, -0.25) is 4.79 Å². The second kappa shape index (κ2) is 5.73. The zero-order valence-electron chi connectivity index (χ0n) is 11.8. The van der Waals surface area contributed by atoms with Gasteiger partial charge in [-0.05, 0) is 39.0 Å². The minimum absolute atomic E-state index is 0.00815. The molecule has 0 unspecified atom stereocenters. The summed E-state index contributed by atoms with van der Waals surface area (Å²) in [5.74, 6) is -0.863. The van der Waals surface area contributed by atoms with E-state index in [4.69, 9.17) is 0 Å². The van der Waals surface area contributed by atoms with Crippen LogP contribution in [0.2, 0.25) is 0 Å². The SMILES string of the molecule is C=C/C=C(/C(=O)C(C)(C)O)S(=O)(=O)c1ccc(C)cc1. The van der Waals surface area contributed by atoms with Crippen molar-refractivity contribution in [1.29, 1.82) is 0 Å². The fourth-order valence-corrected chi connectivity index (χ4v) is 3.06. The second-order valence-electron chi connectivity index (χ2n) is 4.97. The van der Waals surface area contributed by atoms with Crippen LogP contribution in [0, 0.1) is 6.92 Å². The Hall–Kier alpha value is -1.72. The maximum absolute atomic E-state index is 12.5. The zero-order valence-corrected chi connectivity index (χ0v) is 12.6. The van der Waals surface area contributed by atoms with Crippen molar-refractivity contribution in [3.8, 4) is 0 Å². The van der Waals surface area contributed by atoms with Gasteiger partial charge in [0.15, 0.2) is 0 Å². The molecule has 0 aliphatic rings. The molecule has 1 aromatic carbocycles. The van der Waals surface area contributed by atoms with E-state index in [9.17, 15) is 18.3 Å². The van der Waals surface area contributed by atoms with E-state index in [1.807, 2.05) is 6.92 Å². The van der Waals surface area contributed by atoms with E-state index in [0.29, 0.717) is 0 Å². The molecule has 5 heteroatoms. The summed E-state index contributed by atoms with van der Waals surface area (Å²) >= 11 is 0. The molecule has 0 aromatic heterocycles. The van der Waals surface area contributed by atoms with Crippen molar-refractivity contribution >= 4 is 15.6 Å². The third-order valence-electron chi connectivity index (χ3n) is 2.67. The number of aliphatic hydroxyl groups is 1. The molecule has 1 aromatic rings. The van der Waals surface area contributed by atoms with E-state index < -0.39 is 26.1 Å². The average molecular weight is 294 g/mol. The molecule has 20 heavy (non-hydrogen) atoms. The summed E-state index contributed by atoms with van der Waals surface area (Å²) in [6.07, 6.45) is 2.32. The Morgan fingerprint density at radius 2 is 1.75 bits per heavy atom. The molecule has 0 spiro atoms. The van der Waals surface area contributed by atoms with Gasteiger partial charge in [-0.2, -0.15) is 0 Å². The molecule has 0 amide bonds. The normalized spacial score (nSPS) is 13.1. The van der Waals surface area contributed by atoms with Gasteiger partial charge in [0.05, 0.1) is 4.90 Å². The van der Waals surface area contributed by atoms with Gasteiger partial charge in [-0.1, -0.05) is 30.4 Å². The summed E-state index contributed by atoms with van der Waals surface area (Å²) in [4.78, 5) is 11.6. The highest BCUT2D eigenvalue weighted by atomic mass is 32.2. The van der Waals surface area contributed by atoms with Crippen molar-refractivity contribution < 1.29 is 18.3 Å². The van der Waals surface area contributed by atoms with Gasteiger partial charge in [0, 0.05) is 0 Å².